The largest absolute Gasteiger partial charge is 0.497 e. The van der Waals surface area contributed by atoms with Crippen LogP contribution in [0.15, 0.2) is 67.3 Å². The summed E-state index contributed by atoms with van der Waals surface area (Å²) in [5.74, 6) is 0.705. The molecule has 0 aliphatic heterocycles. The molecule has 29 heavy (non-hydrogen) atoms. The van der Waals surface area contributed by atoms with Gasteiger partial charge < -0.3 is 15.2 Å². The van der Waals surface area contributed by atoms with Crippen molar-refractivity contribution in [2.75, 3.05) is 14.2 Å². The van der Waals surface area contributed by atoms with Gasteiger partial charge in [0.15, 0.2) is 0 Å². The predicted octanol–water partition coefficient (Wildman–Crippen LogP) is 2.72. The zero-order valence-electron chi connectivity index (χ0n) is 16.5. The van der Waals surface area contributed by atoms with Crippen LogP contribution in [0, 0.1) is 0 Å². The zero-order chi connectivity index (χ0) is 20.6. The number of nitrogens with two attached hydrogens (primary N) is 1. The third-order valence-electron chi connectivity index (χ3n) is 4.58. The van der Waals surface area contributed by atoms with Gasteiger partial charge in [-0.05, 0) is 41.5 Å². The Balaban J connectivity index is 2.05. The molecular formula is C22H24N4O3. The number of benzene rings is 1. The Kier molecular flexibility index (Phi) is 6.76. The summed E-state index contributed by atoms with van der Waals surface area (Å²) in [5, 5.41) is 0. The maximum absolute atomic E-state index is 12.6. The summed E-state index contributed by atoms with van der Waals surface area (Å²) in [4.78, 5) is 23.0. The lowest BCUT2D eigenvalue weighted by atomic mass is 10.0. The minimum absolute atomic E-state index is 0.469. The van der Waals surface area contributed by atoms with E-state index in [0.29, 0.717) is 30.2 Å². The molecule has 1 amide bonds. The third-order valence-corrected chi connectivity index (χ3v) is 4.58. The maximum atomic E-state index is 12.6. The number of carbonyl (C=O) groups excluding carboxylic acids is 1. The number of hydrogen-bond donors (Lipinski definition) is 1. The highest BCUT2D eigenvalue weighted by Gasteiger charge is 2.29. The molecule has 0 aliphatic rings. The fourth-order valence-corrected chi connectivity index (χ4v) is 3.27. The summed E-state index contributed by atoms with van der Waals surface area (Å²) in [6.07, 6.45) is 6.98. The van der Waals surface area contributed by atoms with E-state index in [1.54, 1.807) is 57.2 Å². The third kappa shape index (κ3) is 5.08. The van der Waals surface area contributed by atoms with E-state index in [4.69, 9.17) is 15.2 Å². The second kappa shape index (κ2) is 9.66. The summed E-state index contributed by atoms with van der Waals surface area (Å²) in [6.45, 7) is 0.938. The number of ether oxygens (including phenoxy) is 2. The molecule has 0 spiro atoms. The monoisotopic (exact) mass is 392 g/mol. The molecule has 3 aromatic rings. The lowest BCUT2D eigenvalue weighted by Crippen LogP contribution is -2.37. The molecule has 7 heteroatoms. The van der Waals surface area contributed by atoms with Gasteiger partial charge in [-0.15, -0.1) is 0 Å². The number of primary amides is 1. The molecule has 2 N–H and O–H groups in total. The van der Waals surface area contributed by atoms with Crippen molar-refractivity contribution in [1.29, 1.82) is 0 Å². The first-order chi connectivity index (χ1) is 14.1. The van der Waals surface area contributed by atoms with Gasteiger partial charge in [0.1, 0.15) is 17.5 Å². The van der Waals surface area contributed by atoms with Crippen molar-refractivity contribution in [2.24, 2.45) is 5.73 Å². The molecule has 1 unspecified atom stereocenters. The minimum atomic E-state index is -0.736. The Labute approximate surface area is 170 Å². The number of hydrogen-bond acceptors (Lipinski definition) is 6. The molecule has 0 saturated carbocycles. The first-order valence-electron chi connectivity index (χ1n) is 9.15. The first-order valence-corrected chi connectivity index (χ1v) is 9.15. The summed E-state index contributed by atoms with van der Waals surface area (Å²) in [7, 11) is 3.14. The fourth-order valence-electron chi connectivity index (χ4n) is 3.27. The molecule has 2 heterocycles. The highest BCUT2D eigenvalue weighted by Crippen LogP contribution is 2.34. The lowest BCUT2D eigenvalue weighted by Gasteiger charge is -2.31. The molecule has 150 valence electrons. The van der Waals surface area contributed by atoms with Gasteiger partial charge in [-0.25, -0.2) is 0 Å². The molecular weight excluding hydrogens is 368 g/mol. The molecule has 3 rings (SSSR count). The van der Waals surface area contributed by atoms with Crippen molar-refractivity contribution in [1.82, 2.24) is 14.9 Å². The van der Waals surface area contributed by atoms with Gasteiger partial charge in [-0.1, -0.05) is 12.1 Å². The van der Waals surface area contributed by atoms with Crippen molar-refractivity contribution in [3.63, 3.8) is 0 Å². The van der Waals surface area contributed by atoms with E-state index < -0.39 is 11.9 Å². The van der Waals surface area contributed by atoms with Crippen molar-refractivity contribution in [2.45, 2.75) is 19.1 Å². The summed E-state index contributed by atoms with van der Waals surface area (Å²) < 4.78 is 10.9. The van der Waals surface area contributed by atoms with Crippen LogP contribution in [0.2, 0.25) is 0 Å². The smallest absolute Gasteiger partial charge is 0.239 e. The average Bonchev–Trinajstić information content (AvgIpc) is 2.75. The van der Waals surface area contributed by atoms with Crippen LogP contribution in [-0.4, -0.2) is 35.0 Å². The molecule has 2 aromatic heterocycles. The van der Waals surface area contributed by atoms with Crippen LogP contribution >= 0.6 is 0 Å². The number of methoxy groups -OCH3 is 2. The van der Waals surface area contributed by atoms with Crippen LogP contribution < -0.4 is 15.2 Å². The van der Waals surface area contributed by atoms with E-state index >= 15 is 0 Å². The van der Waals surface area contributed by atoms with Crippen LogP contribution in [0.5, 0.6) is 11.5 Å². The number of carbonyl (C=O) groups is 1. The Morgan fingerprint density at radius 1 is 1.00 bits per heavy atom. The van der Waals surface area contributed by atoms with Crippen molar-refractivity contribution in [3.8, 4) is 11.5 Å². The van der Waals surface area contributed by atoms with Gasteiger partial charge in [-0.2, -0.15) is 0 Å². The number of nitrogens with zero attached hydrogens (tertiary/aromatic N) is 3. The van der Waals surface area contributed by atoms with Crippen molar-refractivity contribution < 1.29 is 14.3 Å². The van der Waals surface area contributed by atoms with Gasteiger partial charge in [0.2, 0.25) is 5.91 Å². The van der Waals surface area contributed by atoms with Gasteiger partial charge in [0.25, 0.3) is 0 Å². The average molecular weight is 392 g/mol. The topological polar surface area (TPSA) is 90.6 Å². The van der Waals surface area contributed by atoms with Gasteiger partial charge >= 0.3 is 0 Å². The van der Waals surface area contributed by atoms with E-state index in [9.17, 15) is 4.79 Å². The Bertz CT molecular complexity index is 894. The lowest BCUT2D eigenvalue weighted by molar-refractivity contribution is -0.124. The van der Waals surface area contributed by atoms with Gasteiger partial charge in [-0.3, -0.25) is 19.7 Å². The van der Waals surface area contributed by atoms with E-state index in [-0.39, 0.29) is 0 Å². The molecule has 0 aliphatic carbocycles. The van der Waals surface area contributed by atoms with Gasteiger partial charge in [0.05, 0.1) is 14.2 Å². The number of pyridine rings is 2. The SMILES string of the molecule is COc1ccc(OC)c(C(C(N)=O)N(Cc2cccnc2)Cc2cccnc2)c1. The Morgan fingerprint density at radius 2 is 1.62 bits per heavy atom. The van der Waals surface area contributed by atoms with E-state index in [0.717, 1.165) is 11.1 Å². The second-order valence-corrected chi connectivity index (χ2v) is 6.54. The zero-order valence-corrected chi connectivity index (χ0v) is 16.5. The normalized spacial score (nSPS) is 11.8. The highest BCUT2D eigenvalue weighted by atomic mass is 16.5. The molecule has 1 aromatic carbocycles. The highest BCUT2D eigenvalue weighted by molar-refractivity contribution is 5.82. The van der Waals surface area contributed by atoms with Crippen molar-refractivity contribution >= 4 is 5.91 Å². The first kappa shape index (κ1) is 20.3. The maximum Gasteiger partial charge on any atom is 0.239 e. The van der Waals surface area contributed by atoms with Crippen LogP contribution in [0.4, 0.5) is 0 Å². The van der Waals surface area contributed by atoms with Gasteiger partial charge in [0, 0.05) is 43.4 Å². The van der Waals surface area contributed by atoms with Crippen LogP contribution in [-0.2, 0) is 17.9 Å². The molecule has 0 saturated heterocycles. The van der Waals surface area contributed by atoms with E-state index in [1.807, 2.05) is 29.2 Å². The van der Waals surface area contributed by atoms with Crippen molar-refractivity contribution in [3.05, 3.63) is 83.9 Å². The second-order valence-electron chi connectivity index (χ2n) is 6.54. The fraction of sp³-hybridized carbons (Fsp3) is 0.227. The molecule has 1 atom stereocenters. The molecule has 7 nitrogen and oxygen atoms in total. The summed E-state index contributed by atoms with van der Waals surface area (Å²) in [5.41, 5.74) is 8.45. The Hall–Kier alpha value is -3.45. The van der Waals surface area contributed by atoms with Crippen LogP contribution in [0.25, 0.3) is 0 Å². The summed E-state index contributed by atoms with van der Waals surface area (Å²) in [6, 6.07) is 12.3. The Morgan fingerprint density at radius 3 is 2.07 bits per heavy atom. The van der Waals surface area contributed by atoms with Crippen LogP contribution in [0.1, 0.15) is 22.7 Å². The summed E-state index contributed by atoms with van der Waals surface area (Å²) >= 11 is 0. The van der Waals surface area contributed by atoms with E-state index in [1.165, 1.54) is 0 Å². The standard InChI is InChI=1S/C22H24N4O3/c1-28-18-7-8-20(29-2)19(11-18)21(22(23)27)26(14-16-5-3-9-24-12-16)15-17-6-4-10-25-13-17/h3-13,21H,14-15H2,1-2H3,(H2,23,27). The predicted molar refractivity (Wildman–Crippen MR) is 109 cm³/mol. The number of rotatable bonds is 9. The molecule has 0 fully saturated rings. The van der Waals surface area contributed by atoms with Crippen LogP contribution in [0.3, 0.4) is 0 Å². The molecule has 0 bridgehead atoms. The van der Waals surface area contributed by atoms with E-state index in [2.05, 4.69) is 9.97 Å². The molecule has 0 radical (unpaired) electrons. The quantitative estimate of drug-likeness (QED) is 0.602. The minimum Gasteiger partial charge on any atom is -0.497 e. The number of aromatic nitrogens is 2. The number of amides is 1.